The van der Waals surface area contributed by atoms with Crippen LogP contribution in [0.25, 0.3) is 0 Å². The van der Waals surface area contributed by atoms with Crippen molar-refractivity contribution in [1.82, 2.24) is 4.90 Å². The van der Waals surface area contributed by atoms with Crippen molar-refractivity contribution in [2.45, 2.75) is 62.7 Å². The first-order chi connectivity index (χ1) is 13.8. The topological polar surface area (TPSA) is 106 Å². The zero-order valence-corrected chi connectivity index (χ0v) is 16.2. The molecular weight excluding hydrogens is 376 g/mol. The number of carbonyl (C=O) groups excluding carboxylic acids is 3. The van der Waals surface area contributed by atoms with Crippen LogP contribution in [0.15, 0.2) is 12.1 Å². The first-order valence-electron chi connectivity index (χ1n) is 9.74. The Morgan fingerprint density at radius 3 is 2.76 bits per heavy atom. The number of esters is 2. The number of likely N-dealkylation sites (tertiary alicyclic amines) is 1. The van der Waals surface area contributed by atoms with Crippen molar-refractivity contribution < 1.29 is 28.6 Å². The molecule has 2 aliphatic carbocycles. The molecule has 8 nitrogen and oxygen atoms in total. The number of Topliss-reactive ketones (excluding diaryl/α,β-unsaturated/α-hetero) is 1. The van der Waals surface area contributed by atoms with Crippen molar-refractivity contribution in [3.63, 3.8) is 0 Å². The fourth-order valence-electron chi connectivity index (χ4n) is 6.11. The lowest BCUT2D eigenvalue weighted by Gasteiger charge is -2.62. The summed E-state index contributed by atoms with van der Waals surface area (Å²) in [7, 11) is 0. The fourth-order valence-corrected chi connectivity index (χ4v) is 6.11. The highest BCUT2D eigenvalue weighted by Gasteiger charge is 2.75. The van der Waals surface area contributed by atoms with Crippen molar-refractivity contribution in [2.75, 3.05) is 6.54 Å². The third-order valence-corrected chi connectivity index (χ3v) is 6.91. The van der Waals surface area contributed by atoms with E-state index >= 15 is 0 Å². The van der Waals surface area contributed by atoms with E-state index in [1.807, 2.05) is 6.07 Å². The molecule has 150 valence electrons. The van der Waals surface area contributed by atoms with Crippen LogP contribution in [0.2, 0.25) is 0 Å². The van der Waals surface area contributed by atoms with Crippen LogP contribution in [0.4, 0.5) is 0 Å². The van der Waals surface area contributed by atoms with Crippen LogP contribution in [0.3, 0.4) is 0 Å². The molecule has 2 fully saturated rings. The Morgan fingerprint density at radius 1 is 1.28 bits per heavy atom. The number of rotatable bonds is 2. The molecule has 2 bridgehead atoms. The number of nitriles is 1. The highest BCUT2D eigenvalue weighted by atomic mass is 16.6. The number of ketones is 1. The highest BCUT2D eigenvalue weighted by molar-refractivity contribution is 5.90. The number of carbonyl (C=O) groups is 3. The minimum atomic E-state index is -1.04. The SMILES string of the molecule is CC(=O)Oc1ccc2c3c1O[C@H]1C(=O)CC[C@@]4(OC(C)=O)[C@@H](C2)N(C#N)CC[C@]314. The largest absolute Gasteiger partial charge is 0.477 e. The number of benzene rings is 1. The predicted molar refractivity (Wildman–Crippen MR) is 97.0 cm³/mol. The summed E-state index contributed by atoms with van der Waals surface area (Å²) in [5.41, 5.74) is -0.200. The Kier molecular flexibility index (Phi) is 3.55. The van der Waals surface area contributed by atoms with Gasteiger partial charge in [-0.3, -0.25) is 14.4 Å². The van der Waals surface area contributed by atoms with Crippen molar-refractivity contribution >= 4 is 17.7 Å². The molecule has 4 aliphatic rings. The first kappa shape index (κ1) is 18.0. The number of hydrogen-bond donors (Lipinski definition) is 0. The van der Waals surface area contributed by atoms with Crippen molar-refractivity contribution in [3.8, 4) is 17.7 Å². The number of hydrogen-bond acceptors (Lipinski definition) is 8. The van der Waals surface area contributed by atoms with E-state index in [0.717, 1.165) is 11.1 Å². The highest BCUT2D eigenvalue weighted by Crippen LogP contribution is 2.66. The fraction of sp³-hybridized carbons (Fsp3) is 0.524. The molecule has 2 heterocycles. The Hall–Kier alpha value is -3.08. The van der Waals surface area contributed by atoms with Crippen LogP contribution in [-0.4, -0.2) is 46.9 Å². The van der Waals surface area contributed by atoms with Gasteiger partial charge in [0.1, 0.15) is 5.60 Å². The summed E-state index contributed by atoms with van der Waals surface area (Å²) in [6, 6.07) is 3.15. The van der Waals surface area contributed by atoms with Gasteiger partial charge in [0, 0.05) is 32.4 Å². The molecule has 1 saturated carbocycles. The summed E-state index contributed by atoms with van der Waals surface area (Å²) in [5.74, 6) is -0.336. The summed E-state index contributed by atoms with van der Waals surface area (Å²) in [6.07, 6.45) is 2.87. The Morgan fingerprint density at radius 2 is 2.07 bits per heavy atom. The van der Waals surface area contributed by atoms with E-state index in [0.29, 0.717) is 31.6 Å². The van der Waals surface area contributed by atoms with Crippen LogP contribution in [0.5, 0.6) is 11.5 Å². The third-order valence-electron chi connectivity index (χ3n) is 6.91. The van der Waals surface area contributed by atoms with Gasteiger partial charge in [0.2, 0.25) is 0 Å². The number of nitrogens with zero attached hydrogens (tertiary/aromatic N) is 2. The van der Waals surface area contributed by atoms with Crippen molar-refractivity contribution in [3.05, 3.63) is 23.3 Å². The van der Waals surface area contributed by atoms with Gasteiger partial charge in [-0.15, -0.1) is 0 Å². The van der Waals surface area contributed by atoms with Gasteiger partial charge in [-0.25, -0.2) is 0 Å². The lowest BCUT2D eigenvalue weighted by Crippen LogP contribution is -2.77. The second-order valence-corrected chi connectivity index (χ2v) is 8.20. The molecule has 0 aromatic heterocycles. The minimum absolute atomic E-state index is 0.0604. The minimum Gasteiger partial charge on any atom is -0.477 e. The molecule has 0 amide bonds. The maximum Gasteiger partial charge on any atom is 0.308 e. The lowest BCUT2D eigenvalue weighted by molar-refractivity contribution is -0.208. The van der Waals surface area contributed by atoms with Gasteiger partial charge in [0.15, 0.2) is 29.6 Å². The van der Waals surface area contributed by atoms with Gasteiger partial charge in [-0.05, 0) is 30.9 Å². The van der Waals surface area contributed by atoms with E-state index in [1.165, 1.54) is 13.8 Å². The molecule has 1 spiro atoms. The van der Waals surface area contributed by atoms with Crippen LogP contribution >= 0.6 is 0 Å². The van der Waals surface area contributed by atoms with E-state index in [-0.39, 0.29) is 24.0 Å². The molecule has 1 aromatic carbocycles. The molecule has 1 aromatic rings. The smallest absolute Gasteiger partial charge is 0.308 e. The Balaban J connectivity index is 1.81. The number of piperidine rings is 1. The molecule has 8 heteroatoms. The summed E-state index contributed by atoms with van der Waals surface area (Å²) < 4.78 is 17.6. The van der Waals surface area contributed by atoms with Gasteiger partial charge in [-0.1, -0.05) is 6.07 Å². The maximum atomic E-state index is 13.0. The van der Waals surface area contributed by atoms with Crippen molar-refractivity contribution in [2.24, 2.45) is 0 Å². The Labute approximate surface area is 167 Å². The second kappa shape index (κ2) is 5.72. The molecule has 2 aliphatic heterocycles. The molecule has 0 radical (unpaired) electrons. The van der Waals surface area contributed by atoms with Gasteiger partial charge in [0.25, 0.3) is 0 Å². The van der Waals surface area contributed by atoms with E-state index < -0.39 is 29.1 Å². The quantitative estimate of drug-likeness (QED) is 0.419. The normalized spacial score (nSPS) is 33.3. The van der Waals surface area contributed by atoms with Gasteiger partial charge in [0.05, 0.1) is 11.5 Å². The molecule has 0 unspecified atom stereocenters. The van der Waals surface area contributed by atoms with Gasteiger partial charge < -0.3 is 19.1 Å². The summed E-state index contributed by atoms with van der Waals surface area (Å²) in [5, 5.41) is 9.74. The molecule has 5 rings (SSSR count). The summed E-state index contributed by atoms with van der Waals surface area (Å²) in [6.45, 7) is 3.10. The van der Waals surface area contributed by atoms with Crippen LogP contribution in [-0.2, 0) is 31.0 Å². The van der Waals surface area contributed by atoms with Crippen LogP contribution < -0.4 is 9.47 Å². The summed E-state index contributed by atoms with van der Waals surface area (Å²) >= 11 is 0. The third kappa shape index (κ3) is 2.05. The lowest BCUT2D eigenvalue weighted by atomic mass is 9.49. The average Bonchev–Trinajstić information content (AvgIpc) is 3.00. The van der Waals surface area contributed by atoms with Crippen LogP contribution in [0, 0.1) is 11.5 Å². The van der Waals surface area contributed by atoms with E-state index in [2.05, 4.69) is 6.19 Å². The van der Waals surface area contributed by atoms with Gasteiger partial charge >= 0.3 is 11.9 Å². The van der Waals surface area contributed by atoms with E-state index in [4.69, 9.17) is 14.2 Å². The second-order valence-electron chi connectivity index (χ2n) is 8.20. The molecular formula is C21H20N2O6. The average molecular weight is 396 g/mol. The zero-order valence-electron chi connectivity index (χ0n) is 16.2. The van der Waals surface area contributed by atoms with Gasteiger partial charge in [-0.2, -0.15) is 5.26 Å². The van der Waals surface area contributed by atoms with E-state index in [1.54, 1.807) is 11.0 Å². The summed E-state index contributed by atoms with van der Waals surface area (Å²) in [4.78, 5) is 38.4. The number of ether oxygens (including phenoxy) is 3. The van der Waals surface area contributed by atoms with Crippen LogP contribution in [0.1, 0.15) is 44.2 Å². The Bertz CT molecular complexity index is 1010. The first-order valence-corrected chi connectivity index (χ1v) is 9.74. The monoisotopic (exact) mass is 396 g/mol. The molecule has 4 atom stereocenters. The zero-order chi connectivity index (χ0) is 20.6. The maximum absolute atomic E-state index is 13.0. The molecule has 1 saturated heterocycles. The molecule has 29 heavy (non-hydrogen) atoms. The predicted octanol–water partition coefficient (Wildman–Crippen LogP) is 1.39. The van der Waals surface area contributed by atoms with E-state index in [9.17, 15) is 19.6 Å². The van der Waals surface area contributed by atoms with Crippen molar-refractivity contribution in [1.29, 1.82) is 5.26 Å². The standard InChI is InChI=1S/C21H20N2O6/c1-11(24)27-15-4-3-13-9-16-21(29-12(2)25)6-5-14(26)19-20(21,7-8-23(16)10-22)17(13)18(15)28-19/h3-4,16,19H,5-9H2,1-2H3/t16-,19+,20+,21-/m1/s1. The molecule has 0 N–H and O–H groups in total.